The lowest BCUT2D eigenvalue weighted by molar-refractivity contribution is -0.122. The molecule has 1 saturated heterocycles. The first-order valence-corrected chi connectivity index (χ1v) is 11.5. The van der Waals surface area contributed by atoms with Crippen molar-refractivity contribution >= 4 is 34.9 Å². The van der Waals surface area contributed by atoms with E-state index in [0.717, 1.165) is 35.1 Å². The predicted octanol–water partition coefficient (Wildman–Crippen LogP) is 4.06. The molecule has 2 aliphatic rings. The maximum atomic E-state index is 12.7. The van der Waals surface area contributed by atoms with Crippen molar-refractivity contribution in [2.45, 2.75) is 19.8 Å². The average Bonchev–Trinajstić information content (AvgIpc) is 3.39. The summed E-state index contributed by atoms with van der Waals surface area (Å²) in [7, 11) is 0. The standard InChI is InChI=1S/C24H24N2O6S/c1-2-3-12-30-18-7-5-17(6-8-18)22(27)25-10-11-26-23(28)21(33-24(26)29)14-16-4-9-19-20(13-16)32-15-31-19/h4-9,13-14H,2-3,10-12,15H2,1H3,(H,25,27)/b21-14-. The smallest absolute Gasteiger partial charge is 0.293 e. The van der Waals surface area contributed by atoms with Gasteiger partial charge in [-0.25, -0.2) is 0 Å². The molecule has 8 nitrogen and oxygen atoms in total. The van der Waals surface area contributed by atoms with E-state index < -0.39 is 0 Å². The van der Waals surface area contributed by atoms with Crippen LogP contribution in [0.15, 0.2) is 47.4 Å². The summed E-state index contributed by atoms with van der Waals surface area (Å²) in [4.78, 5) is 38.8. The van der Waals surface area contributed by atoms with Crippen LogP contribution in [0, 0.1) is 0 Å². The number of benzene rings is 2. The lowest BCUT2D eigenvalue weighted by Gasteiger charge is -2.13. The van der Waals surface area contributed by atoms with Gasteiger partial charge in [0.15, 0.2) is 11.5 Å². The van der Waals surface area contributed by atoms with Gasteiger partial charge in [0.25, 0.3) is 17.1 Å². The van der Waals surface area contributed by atoms with Crippen molar-refractivity contribution in [3.05, 3.63) is 58.5 Å². The summed E-state index contributed by atoms with van der Waals surface area (Å²) >= 11 is 0.875. The molecule has 172 valence electrons. The second-order valence-electron chi connectivity index (χ2n) is 7.43. The Morgan fingerprint density at radius 3 is 2.73 bits per heavy atom. The molecule has 9 heteroatoms. The molecule has 0 saturated carbocycles. The van der Waals surface area contributed by atoms with E-state index in [1.54, 1.807) is 48.5 Å². The quantitative estimate of drug-likeness (QED) is 0.438. The fraction of sp³-hybridized carbons (Fsp3) is 0.292. The third-order valence-electron chi connectivity index (χ3n) is 5.07. The minimum absolute atomic E-state index is 0.0904. The molecule has 0 aromatic heterocycles. The monoisotopic (exact) mass is 468 g/mol. The molecule has 0 aliphatic carbocycles. The number of fused-ring (bicyclic) bond motifs is 1. The van der Waals surface area contributed by atoms with E-state index >= 15 is 0 Å². The van der Waals surface area contributed by atoms with E-state index in [9.17, 15) is 14.4 Å². The lowest BCUT2D eigenvalue weighted by Crippen LogP contribution is -2.37. The zero-order valence-corrected chi connectivity index (χ0v) is 19.0. The van der Waals surface area contributed by atoms with Crippen LogP contribution in [0.5, 0.6) is 17.2 Å². The highest BCUT2D eigenvalue weighted by Crippen LogP contribution is 2.36. The van der Waals surface area contributed by atoms with E-state index in [4.69, 9.17) is 14.2 Å². The summed E-state index contributed by atoms with van der Waals surface area (Å²) in [6.07, 6.45) is 3.67. The van der Waals surface area contributed by atoms with Crippen molar-refractivity contribution in [3.8, 4) is 17.2 Å². The number of carbonyl (C=O) groups is 3. The molecule has 3 amide bonds. The van der Waals surface area contributed by atoms with Crippen molar-refractivity contribution in [1.82, 2.24) is 10.2 Å². The first-order valence-electron chi connectivity index (χ1n) is 10.7. The molecule has 0 atom stereocenters. The van der Waals surface area contributed by atoms with Crippen LogP contribution in [0.3, 0.4) is 0 Å². The average molecular weight is 469 g/mol. The number of unbranched alkanes of at least 4 members (excludes halogenated alkanes) is 1. The van der Waals surface area contributed by atoms with E-state index in [-0.39, 0.29) is 36.9 Å². The SMILES string of the molecule is CCCCOc1ccc(C(=O)NCCN2C(=O)S/C(=C\c3ccc4c(c3)OCO4)C2=O)cc1. The Bertz CT molecular complexity index is 1080. The van der Waals surface area contributed by atoms with Crippen LogP contribution in [0.25, 0.3) is 6.08 Å². The van der Waals surface area contributed by atoms with Crippen LogP contribution < -0.4 is 19.5 Å². The van der Waals surface area contributed by atoms with Gasteiger partial charge >= 0.3 is 0 Å². The highest BCUT2D eigenvalue weighted by molar-refractivity contribution is 8.18. The van der Waals surface area contributed by atoms with Crippen LogP contribution in [0.4, 0.5) is 4.79 Å². The fourth-order valence-corrected chi connectivity index (χ4v) is 4.13. The summed E-state index contributed by atoms with van der Waals surface area (Å²) < 4.78 is 16.2. The lowest BCUT2D eigenvalue weighted by atomic mass is 10.2. The number of hydrogen-bond acceptors (Lipinski definition) is 7. The molecule has 33 heavy (non-hydrogen) atoms. The van der Waals surface area contributed by atoms with Gasteiger partial charge < -0.3 is 19.5 Å². The van der Waals surface area contributed by atoms with Gasteiger partial charge in [0, 0.05) is 18.7 Å². The minimum atomic E-state index is -0.384. The van der Waals surface area contributed by atoms with Gasteiger partial charge in [-0.3, -0.25) is 19.3 Å². The maximum Gasteiger partial charge on any atom is 0.293 e. The number of ether oxygens (including phenoxy) is 3. The topological polar surface area (TPSA) is 94.2 Å². The van der Waals surface area contributed by atoms with Crippen molar-refractivity contribution in [2.75, 3.05) is 26.5 Å². The third kappa shape index (κ3) is 5.48. The summed E-state index contributed by atoms with van der Waals surface area (Å²) in [6, 6.07) is 12.2. The zero-order valence-electron chi connectivity index (χ0n) is 18.2. The summed E-state index contributed by atoms with van der Waals surface area (Å²) in [5, 5.41) is 2.38. The molecule has 0 unspecified atom stereocenters. The van der Waals surface area contributed by atoms with Crippen LogP contribution in [-0.4, -0.2) is 48.4 Å². The Morgan fingerprint density at radius 1 is 1.15 bits per heavy atom. The number of carbonyl (C=O) groups excluding carboxylic acids is 3. The molecule has 2 heterocycles. The van der Waals surface area contributed by atoms with Gasteiger partial charge in [-0.2, -0.15) is 0 Å². The van der Waals surface area contributed by atoms with Gasteiger partial charge in [-0.05, 0) is 66.2 Å². The van der Waals surface area contributed by atoms with Crippen LogP contribution in [-0.2, 0) is 4.79 Å². The molecule has 2 aliphatic heterocycles. The molecule has 1 N–H and O–H groups in total. The second-order valence-corrected chi connectivity index (χ2v) is 8.42. The van der Waals surface area contributed by atoms with Crippen molar-refractivity contribution in [1.29, 1.82) is 0 Å². The number of rotatable bonds is 9. The molecule has 1 fully saturated rings. The zero-order chi connectivity index (χ0) is 23.2. The number of nitrogens with one attached hydrogen (secondary N) is 1. The normalized spacial score (nSPS) is 15.9. The highest BCUT2D eigenvalue weighted by atomic mass is 32.2. The van der Waals surface area contributed by atoms with Gasteiger partial charge in [-0.1, -0.05) is 19.4 Å². The number of imide groups is 1. The number of amides is 3. The number of hydrogen-bond donors (Lipinski definition) is 1. The molecule has 2 aromatic carbocycles. The highest BCUT2D eigenvalue weighted by Gasteiger charge is 2.34. The van der Waals surface area contributed by atoms with Crippen molar-refractivity contribution < 1.29 is 28.6 Å². The largest absolute Gasteiger partial charge is 0.494 e. The molecule has 0 radical (unpaired) electrons. The summed E-state index contributed by atoms with van der Waals surface area (Å²) in [6.45, 7) is 3.15. The molecule has 0 bridgehead atoms. The first kappa shape index (κ1) is 22.7. The Balaban J connectivity index is 1.29. The predicted molar refractivity (Wildman–Crippen MR) is 124 cm³/mol. The van der Waals surface area contributed by atoms with Crippen LogP contribution in [0.2, 0.25) is 0 Å². The van der Waals surface area contributed by atoms with Gasteiger partial charge in [0.1, 0.15) is 5.75 Å². The summed E-state index contributed by atoms with van der Waals surface area (Å²) in [5.41, 5.74) is 1.22. The second kappa shape index (κ2) is 10.4. The number of thioether (sulfide) groups is 1. The Labute approximate surface area is 195 Å². The fourth-order valence-electron chi connectivity index (χ4n) is 3.27. The summed E-state index contributed by atoms with van der Waals surface area (Å²) in [5.74, 6) is 1.30. The van der Waals surface area contributed by atoms with E-state index in [2.05, 4.69) is 12.2 Å². The van der Waals surface area contributed by atoms with Crippen LogP contribution >= 0.6 is 11.8 Å². The first-order chi connectivity index (χ1) is 16.0. The van der Waals surface area contributed by atoms with Crippen molar-refractivity contribution in [3.63, 3.8) is 0 Å². The molecule has 0 spiro atoms. The number of nitrogens with zero attached hydrogens (tertiary/aromatic N) is 1. The van der Waals surface area contributed by atoms with Gasteiger partial charge in [-0.15, -0.1) is 0 Å². The van der Waals surface area contributed by atoms with Gasteiger partial charge in [0.2, 0.25) is 6.79 Å². The molecular formula is C24H24N2O6S. The maximum absolute atomic E-state index is 12.7. The molecular weight excluding hydrogens is 444 g/mol. The van der Waals surface area contributed by atoms with E-state index in [0.29, 0.717) is 34.3 Å². The minimum Gasteiger partial charge on any atom is -0.494 e. The molecule has 4 rings (SSSR count). The van der Waals surface area contributed by atoms with Crippen molar-refractivity contribution in [2.24, 2.45) is 0 Å². The Kier molecular flexibility index (Phi) is 7.19. The Hall–Kier alpha value is -3.46. The molecule has 2 aromatic rings. The van der Waals surface area contributed by atoms with E-state index in [1.165, 1.54) is 0 Å². The van der Waals surface area contributed by atoms with E-state index in [1.807, 2.05) is 0 Å². The van der Waals surface area contributed by atoms with Gasteiger partial charge in [0.05, 0.1) is 11.5 Å². The van der Waals surface area contributed by atoms with Crippen LogP contribution in [0.1, 0.15) is 35.7 Å². The third-order valence-corrected chi connectivity index (χ3v) is 5.98. The Morgan fingerprint density at radius 2 is 1.94 bits per heavy atom.